The molecule has 0 aromatic heterocycles. The van der Waals surface area contributed by atoms with E-state index in [9.17, 15) is 4.79 Å². The average Bonchev–Trinajstić information content (AvgIpc) is 2.76. The second-order valence-electron chi connectivity index (χ2n) is 6.89. The first kappa shape index (κ1) is 24.3. The van der Waals surface area contributed by atoms with Gasteiger partial charge in [0.15, 0.2) is 5.96 Å². The largest absolute Gasteiger partial charge is 0.497 e. The van der Waals surface area contributed by atoms with Gasteiger partial charge in [-0.05, 0) is 41.7 Å². The molecular formula is C22H28ClIN4O2. The first-order chi connectivity index (χ1) is 14.1. The van der Waals surface area contributed by atoms with Crippen molar-refractivity contribution in [1.82, 2.24) is 15.5 Å². The number of hydrogen-bond acceptors (Lipinski definition) is 3. The Labute approximate surface area is 200 Å². The molecule has 0 bridgehead atoms. The van der Waals surface area contributed by atoms with Gasteiger partial charge in [0.1, 0.15) is 5.75 Å². The second kappa shape index (κ2) is 12.0. The topological polar surface area (TPSA) is 66.0 Å². The summed E-state index contributed by atoms with van der Waals surface area (Å²) in [4.78, 5) is 18.7. The minimum absolute atomic E-state index is 0. The normalized spacial score (nSPS) is 13.2. The van der Waals surface area contributed by atoms with Crippen LogP contribution >= 0.6 is 35.6 Å². The van der Waals surface area contributed by atoms with Crippen LogP contribution in [-0.4, -0.2) is 50.6 Å². The predicted molar refractivity (Wildman–Crippen MR) is 132 cm³/mol. The maximum Gasteiger partial charge on any atom is 0.242 e. The van der Waals surface area contributed by atoms with Crippen LogP contribution in [0.5, 0.6) is 5.75 Å². The summed E-state index contributed by atoms with van der Waals surface area (Å²) in [5.41, 5.74) is 3.59. The zero-order chi connectivity index (χ0) is 20.6. The van der Waals surface area contributed by atoms with Crippen molar-refractivity contribution in [2.75, 3.05) is 33.8 Å². The zero-order valence-corrected chi connectivity index (χ0v) is 20.4. The Morgan fingerprint density at radius 2 is 1.97 bits per heavy atom. The molecule has 0 saturated carbocycles. The van der Waals surface area contributed by atoms with E-state index in [1.165, 1.54) is 11.1 Å². The fourth-order valence-electron chi connectivity index (χ4n) is 3.37. The van der Waals surface area contributed by atoms with Crippen molar-refractivity contribution in [3.8, 4) is 5.75 Å². The molecule has 6 nitrogen and oxygen atoms in total. The SMILES string of the molecule is CN=C(NCCc1ccc(OC)cc1Cl)NCC(=O)N1CCc2ccccc2C1.I. The van der Waals surface area contributed by atoms with Gasteiger partial charge in [-0.1, -0.05) is 41.9 Å². The molecule has 1 heterocycles. The summed E-state index contributed by atoms with van der Waals surface area (Å²) < 4.78 is 5.17. The molecule has 3 rings (SSSR count). The summed E-state index contributed by atoms with van der Waals surface area (Å²) in [5.74, 6) is 1.41. The molecule has 0 spiro atoms. The van der Waals surface area contributed by atoms with E-state index in [2.05, 4.69) is 27.8 Å². The fourth-order valence-corrected chi connectivity index (χ4v) is 3.64. The molecule has 2 aromatic carbocycles. The van der Waals surface area contributed by atoms with Crippen LogP contribution < -0.4 is 15.4 Å². The van der Waals surface area contributed by atoms with E-state index in [0.29, 0.717) is 24.1 Å². The standard InChI is InChI=1S/C22H27ClN4O2.HI/c1-24-22(25-11-9-17-7-8-19(29-2)13-20(17)23)26-14-21(28)27-12-10-16-5-3-4-6-18(16)15-27;/h3-8,13H,9-12,14-15H2,1-2H3,(H2,24,25,26);1H. The molecule has 0 atom stereocenters. The van der Waals surface area contributed by atoms with E-state index >= 15 is 0 Å². The smallest absolute Gasteiger partial charge is 0.242 e. The molecule has 2 aromatic rings. The lowest BCUT2D eigenvalue weighted by molar-refractivity contribution is -0.130. The quantitative estimate of drug-likeness (QED) is 0.334. The molecule has 0 unspecified atom stereocenters. The molecule has 0 radical (unpaired) electrons. The van der Waals surface area contributed by atoms with Crippen LogP contribution in [0.3, 0.4) is 0 Å². The third-order valence-electron chi connectivity index (χ3n) is 5.06. The van der Waals surface area contributed by atoms with Crippen LogP contribution in [0.2, 0.25) is 5.02 Å². The van der Waals surface area contributed by atoms with Crippen LogP contribution in [0.4, 0.5) is 0 Å². The number of benzene rings is 2. The van der Waals surface area contributed by atoms with Crippen LogP contribution in [0.15, 0.2) is 47.5 Å². The predicted octanol–water partition coefficient (Wildman–Crippen LogP) is 3.26. The number of guanidine groups is 1. The maximum atomic E-state index is 12.6. The zero-order valence-electron chi connectivity index (χ0n) is 17.3. The molecule has 0 fully saturated rings. The van der Waals surface area contributed by atoms with Gasteiger partial charge < -0.3 is 20.3 Å². The molecule has 1 aliphatic heterocycles. The number of carbonyl (C=O) groups excluding carboxylic acids is 1. The Morgan fingerprint density at radius 3 is 2.67 bits per heavy atom. The summed E-state index contributed by atoms with van der Waals surface area (Å²) in [6.45, 7) is 2.28. The maximum absolute atomic E-state index is 12.6. The molecule has 8 heteroatoms. The molecule has 1 amide bonds. The fraction of sp³-hybridized carbons (Fsp3) is 0.364. The summed E-state index contributed by atoms with van der Waals surface area (Å²) in [6.07, 6.45) is 1.64. The van der Waals surface area contributed by atoms with Crippen molar-refractivity contribution in [2.45, 2.75) is 19.4 Å². The third kappa shape index (κ3) is 6.50. The number of amides is 1. The number of hydrogen-bond donors (Lipinski definition) is 2. The van der Waals surface area contributed by atoms with E-state index in [4.69, 9.17) is 16.3 Å². The number of halogens is 2. The van der Waals surface area contributed by atoms with Crippen LogP contribution in [-0.2, 0) is 24.2 Å². The van der Waals surface area contributed by atoms with Gasteiger partial charge in [-0.2, -0.15) is 0 Å². The monoisotopic (exact) mass is 542 g/mol. The first-order valence-corrected chi connectivity index (χ1v) is 10.1. The summed E-state index contributed by atoms with van der Waals surface area (Å²) in [5, 5.41) is 7.01. The van der Waals surface area contributed by atoms with Gasteiger partial charge in [0.2, 0.25) is 5.91 Å². The van der Waals surface area contributed by atoms with Crippen LogP contribution in [0.1, 0.15) is 16.7 Å². The molecule has 162 valence electrons. The highest BCUT2D eigenvalue weighted by Gasteiger charge is 2.20. The van der Waals surface area contributed by atoms with Crippen molar-refractivity contribution in [3.05, 3.63) is 64.2 Å². The number of aliphatic imine (C=N–C) groups is 1. The highest BCUT2D eigenvalue weighted by atomic mass is 127. The molecular weight excluding hydrogens is 515 g/mol. The van der Waals surface area contributed by atoms with Gasteiger partial charge in [-0.15, -0.1) is 24.0 Å². The van der Waals surface area contributed by atoms with Crippen molar-refractivity contribution in [1.29, 1.82) is 0 Å². The molecule has 0 saturated heterocycles. The van der Waals surface area contributed by atoms with E-state index < -0.39 is 0 Å². The first-order valence-electron chi connectivity index (χ1n) is 9.72. The van der Waals surface area contributed by atoms with Gasteiger partial charge in [-0.3, -0.25) is 9.79 Å². The minimum atomic E-state index is 0. The molecule has 1 aliphatic rings. The van der Waals surface area contributed by atoms with Gasteiger partial charge >= 0.3 is 0 Å². The number of fused-ring (bicyclic) bond motifs is 1. The van der Waals surface area contributed by atoms with E-state index in [1.54, 1.807) is 20.2 Å². The number of carbonyl (C=O) groups is 1. The Bertz CT molecular complexity index is 891. The van der Waals surface area contributed by atoms with Gasteiger partial charge in [0.05, 0.1) is 13.7 Å². The lowest BCUT2D eigenvalue weighted by Gasteiger charge is -2.29. The molecule has 30 heavy (non-hydrogen) atoms. The van der Waals surface area contributed by atoms with E-state index in [-0.39, 0.29) is 36.4 Å². The minimum Gasteiger partial charge on any atom is -0.497 e. The van der Waals surface area contributed by atoms with E-state index in [1.807, 2.05) is 29.2 Å². The van der Waals surface area contributed by atoms with Crippen molar-refractivity contribution >= 4 is 47.4 Å². The van der Waals surface area contributed by atoms with Crippen LogP contribution in [0.25, 0.3) is 0 Å². The average molecular weight is 543 g/mol. The van der Waals surface area contributed by atoms with Crippen molar-refractivity contribution < 1.29 is 9.53 Å². The Hall–Kier alpha value is -2.00. The lowest BCUT2D eigenvalue weighted by atomic mass is 10.00. The third-order valence-corrected chi connectivity index (χ3v) is 5.41. The summed E-state index contributed by atoms with van der Waals surface area (Å²) in [7, 11) is 3.31. The Morgan fingerprint density at radius 1 is 1.20 bits per heavy atom. The lowest BCUT2D eigenvalue weighted by Crippen LogP contribution is -2.46. The summed E-state index contributed by atoms with van der Waals surface area (Å²) in [6, 6.07) is 13.9. The summed E-state index contributed by atoms with van der Waals surface area (Å²) >= 11 is 6.28. The second-order valence-corrected chi connectivity index (χ2v) is 7.30. The Balaban J connectivity index is 0.00000320. The Kier molecular flexibility index (Phi) is 9.71. The molecule has 2 N–H and O–H groups in total. The van der Waals surface area contributed by atoms with Gasteiger partial charge in [0.25, 0.3) is 0 Å². The van der Waals surface area contributed by atoms with Crippen molar-refractivity contribution in [2.24, 2.45) is 4.99 Å². The highest BCUT2D eigenvalue weighted by Crippen LogP contribution is 2.22. The number of rotatable bonds is 6. The van der Waals surface area contributed by atoms with Gasteiger partial charge in [0, 0.05) is 31.7 Å². The number of nitrogens with zero attached hydrogens (tertiary/aromatic N) is 2. The molecule has 0 aliphatic carbocycles. The number of methoxy groups -OCH3 is 1. The number of ether oxygens (including phenoxy) is 1. The number of nitrogens with one attached hydrogen (secondary N) is 2. The van der Waals surface area contributed by atoms with Crippen LogP contribution in [0, 0.1) is 0 Å². The van der Waals surface area contributed by atoms with E-state index in [0.717, 1.165) is 30.7 Å². The van der Waals surface area contributed by atoms with Gasteiger partial charge in [-0.25, -0.2) is 0 Å². The highest BCUT2D eigenvalue weighted by molar-refractivity contribution is 14.0. The van der Waals surface area contributed by atoms with Crippen molar-refractivity contribution in [3.63, 3.8) is 0 Å².